The number of halogens is 1. The summed E-state index contributed by atoms with van der Waals surface area (Å²) in [5, 5.41) is 3.60. The van der Waals surface area contributed by atoms with Crippen molar-refractivity contribution in [1.29, 1.82) is 0 Å². The average molecular weight is 269 g/mol. The second-order valence-electron chi connectivity index (χ2n) is 5.80. The standard InChI is InChI=1S/C18H20FN/c1-14(15-7-9-17(19)10-8-15)20-13-18(11-12-18)16-5-3-2-4-6-16/h2-10,14,20H,11-13H2,1H3. The highest BCUT2D eigenvalue weighted by atomic mass is 19.1. The first-order chi connectivity index (χ1) is 9.70. The van der Waals surface area contributed by atoms with E-state index < -0.39 is 0 Å². The summed E-state index contributed by atoms with van der Waals surface area (Å²) < 4.78 is 12.9. The van der Waals surface area contributed by atoms with E-state index in [1.54, 1.807) is 0 Å². The van der Waals surface area contributed by atoms with Crippen molar-refractivity contribution >= 4 is 0 Å². The van der Waals surface area contributed by atoms with Crippen LogP contribution in [0.5, 0.6) is 0 Å². The zero-order valence-corrected chi connectivity index (χ0v) is 11.8. The van der Waals surface area contributed by atoms with Crippen LogP contribution < -0.4 is 5.32 Å². The van der Waals surface area contributed by atoms with E-state index in [2.05, 4.69) is 42.6 Å². The Labute approximate surface area is 119 Å². The van der Waals surface area contributed by atoms with Crippen LogP contribution in [0.2, 0.25) is 0 Å². The highest BCUT2D eigenvalue weighted by Gasteiger charge is 2.43. The molecule has 0 amide bonds. The summed E-state index contributed by atoms with van der Waals surface area (Å²) in [6, 6.07) is 17.7. The lowest BCUT2D eigenvalue weighted by molar-refractivity contribution is 0.509. The van der Waals surface area contributed by atoms with E-state index in [9.17, 15) is 4.39 Å². The van der Waals surface area contributed by atoms with Gasteiger partial charge in [-0.3, -0.25) is 0 Å². The van der Waals surface area contributed by atoms with Gasteiger partial charge in [-0.15, -0.1) is 0 Å². The Bertz CT molecular complexity index is 558. The average Bonchev–Trinajstić information content (AvgIpc) is 3.28. The maximum atomic E-state index is 12.9. The summed E-state index contributed by atoms with van der Waals surface area (Å²) >= 11 is 0. The molecule has 1 aliphatic rings. The molecule has 1 aliphatic carbocycles. The van der Waals surface area contributed by atoms with Crippen molar-refractivity contribution in [3.63, 3.8) is 0 Å². The van der Waals surface area contributed by atoms with Gasteiger partial charge < -0.3 is 5.32 Å². The van der Waals surface area contributed by atoms with E-state index in [0.29, 0.717) is 5.41 Å². The maximum absolute atomic E-state index is 12.9. The molecule has 0 heterocycles. The molecular weight excluding hydrogens is 249 g/mol. The molecule has 0 aliphatic heterocycles. The van der Waals surface area contributed by atoms with Gasteiger partial charge in [-0.1, -0.05) is 42.5 Å². The summed E-state index contributed by atoms with van der Waals surface area (Å²) in [6.45, 7) is 3.11. The number of benzene rings is 2. The Balaban J connectivity index is 1.63. The number of hydrogen-bond acceptors (Lipinski definition) is 1. The summed E-state index contributed by atoms with van der Waals surface area (Å²) in [7, 11) is 0. The Morgan fingerprint density at radius 3 is 2.30 bits per heavy atom. The SMILES string of the molecule is CC(NCC1(c2ccccc2)CC1)c1ccc(F)cc1. The topological polar surface area (TPSA) is 12.0 Å². The normalized spacial score (nSPS) is 17.7. The maximum Gasteiger partial charge on any atom is 0.123 e. The first kappa shape index (κ1) is 13.3. The van der Waals surface area contributed by atoms with Crippen LogP contribution >= 0.6 is 0 Å². The van der Waals surface area contributed by atoms with Crippen molar-refractivity contribution in [3.8, 4) is 0 Å². The molecule has 0 bridgehead atoms. The van der Waals surface area contributed by atoms with Crippen LogP contribution in [0.15, 0.2) is 54.6 Å². The highest BCUT2D eigenvalue weighted by molar-refractivity contribution is 5.32. The zero-order valence-electron chi connectivity index (χ0n) is 11.8. The molecule has 0 spiro atoms. The fourth-order valence-corrected chi connectivity index (χ4v) is 2.73. The van der Waals surface area contributed by atoms with Crippen molar-refractivity contribution in [2.24, 2.45) is 0 Å². The Morgan fingerprint density at radius 2 is 1.70 bits per heavy atom. The molecular formula is C18H20FN. The molecule has 1 unspecified atom stereocenters. The van der Waals surface area contributed by atoms with Gasteiger partial charge in [0.15, 0.2) is 0 Å². The number of rotatable bonds is 5. The third-order valence-electron chi connectivity index (χ3n) is 4.36. The lowest BCUT2D eigenvalue weighted by Crippen LogP contribution is -2.29. The molecule has 1 fully saturated rings. The Morgan fingerprint density at radius 1 is 1.05 bits per heavy atom. The molecule has 104 valence electrons. The van der Waals surface area contributed by atoms with Crippen molar-refractivity contribution in [2.75, 3.05) is 6.54 Å². The van der Waals surface area contributed by atoms with Gasteiger partial charge in [0.2, 0.25) is 0 Å². The monoisotopic (exact) mass is 269 g/mol. The van der Waals surface area contributed by atoms with Gasteiger partial charge in [0.1, 0.15) is 5.82 Å². The summed E-state index contributed by atoms with van der Waals surface area (Å²) in [5.41, 5.74) is 2.88. The van der Waals surface area contributed by atoms with E-state index in [0.717, 1.165) is 12.1 Å². The van der Waals surface area contributed by atoms with Gasteiger partial charge in [0.25, 0.3) is 0 Å². The van der Waals surface area contributed by atoms with E-state index in [-0.39, 0.29) is 11.9 Å². The van der Waals surface area contributed by atoms with Crippen LogP contribution in [-0.2, 0) is 5.41 Å². The molecule has 0 radical (unpaired) electrons. The predicted octanol–water partition coefficient (Wildman–Crippen LogP) is 4.21. The van der Waals surface area contributed by atoms with Crippen LogP contribution in [0.4, 0.5) is 4.39 Å². The van der Waals surface area contributed by atoms with E-state index in [1.807, 2.05) is 12.1 Å². The Kier molecular flexibility index (Phi) is 3.58. The van der Waals surface area contributed by atoms with Crippen LogP contribution in [0.1, 0.15) is 36.9 Å². The second-order valence-corrected chi connectivity index (χ2v) is 5.80. The molecule has 1 saturated carbocycles. The largest absolute Gasteiger partial charge is 0.309 e. The zero-order chi connectivity index (χ0) is 14.0. The first-order valence-corrected chi connectivity index (χ1v) is 7.24. The highest BCUT2D eigenvalue weighted by Crippen LogP contribution is 2.47. The van der Waals surface area contributed by atoms with Gasteiger partial charge in [-0.2, -0.15) is 0 Å². The molecule has 20 heavy (non-hydrogen) atoms. The van der Waals surface area contributed by atoms with Gasteiger partial charge in [0.05, 0.1) is 0 Å². The predicted molar refractivity (Wildman–Crippen MR) is 80.2 cm³/mol. The van der Waals surface area contributed by atoms with Gasteiger partial charge in [-0.25, -0.2) is 4.39 Å². The first-order valence-electron chi connectivity index (χ1n) is 7.24. The minimum atomic E-state index is -0.177. The molecule has 2 aromatic carbocycles. The van der Waals surface area contributed by atoms with Crippen molar-refractivity contribution in [1.82, 2.24) is 5.32 Å². The molecule has 1 atom stereocenters. The summed E-state index contributed by atoms with van der Waals surface area (Å²) in [6.07, 6.45) is 2.50. The van der Waals surface area contributed by atoms with Crippen molar-refractivity contribution in [3.05, 3.63) is 71.5 Å². The molecule has 3 rings (SSSR count). The molecule has 1 N–H and O–H groups in total. The third kappa shape index (κ3) is 2.75. The van der Waals surface area contributed by atoms with Crippen molar-refractivity contribution in [2.45, 2.75) is 31.2 Å². The quantitative estimate of drug-likeness (QED) is 0.857. The lowest BCUT2D eigenvalue weighted by atomic mass is 9.95. The fourth-order valence-electron chi connectivity index (χ4n) is 2.73. The molecule has 2 aromatic rings. The molecule has 0 saturated heterocycles. The smallest absolute Gasteiger partial charge is 0.123 e. The van der Waals surface area contributed by atoms with Crippen LogP contribution in [0.25, 0.3) is 0 Å². The number of nitrogens with one attached hydrogen (secondary N) is 1. The summed E-state index contributed by atoms with van der Waals surface area (Å²) in [4.78, 5) is 0. The van der Waals surface area contributed by atoms with Gasteiger partial charge >= 0.3 is 0 Å². The minimum Gasteiger partial charge on any atom is -0.309 e. The molecule has 1 nitrogen and oxygen atoms in total. The van der Waals surface area contributed by atoms with Crippen LogP contribution in [0.3, 0.4) is 0 Å². The summed E-state index contributed by atoms with van der Waals surface area (Å²) in [5.74, 6) is -0.177. The van der Waals surface area contributed by atoms with E-state index in [1.165, 1.54) is 30.5 Å². The Hall–Kier alpha value is -1.67. The third-order valence-corrected chi connectivity index (χ3v) is 4.36. The molecule has 0 aromatic heterocycles. The lowest BCUT2D eigenvalue weighted by Gasteiger charge is -2.21. The van der Waals surface area contributed by atoms with Gasteiger partial charge in [0, 0.05) is 18.0 Å². The minimum absolute atomic E-state index is 0.177. The van der Waals surface area contributed by atoms with E-state index >= 15 is 0 Å². The van der Waals surface area contributed by atoms with E-state index in [4.69, 9.17) is 0 Å². The number of hydrogen-bond donors (Lipinski definition) is 1. The fraction of sp³-hybridized carbons (Fsp3) is 0.333. The van der Waals surface area contributed by atoms with Crippen LogP contribution in [0, 0.1) is 5.82 Å². The van der Waals surface area contributed by atoms with Gasteiger partial charge in [-0.05, 0) is 43.0 Å². The second kappa shape index (κ2) is 5.37. The van der Waals surface area contributed by atoms with Crippen molar-refractivity contribution < 1.29 is 4.39 Å². The van der Waals surface area contributed by atoms with Crippen LogP contribution in [-0.4, -0.2) is 6.54 Å². The molecule has 2 heteroatoms.